The lowest BCUT2D eigenvalue weighted by Crippen LogP contribution is -2.47. The first-order chi connectivity index (χ1) is 7.60. The van der Waals surface area contributed by atoms with Crippen molar-refractivity contribution in [2.45, 2.75) is 25.8 Å². The van der Waals surface area contributed by atoms with Crippen LogP contribution in [0, 0.1) is 0 Å². The van der Waals surface area contributed by atoms with E-state index >= 15 is 0 Å². The molecule has 0 aromatic heterocycles. The number of aliphatic carboxylic acids is 1. The van der Waals surface area contributed by atoms with Gasteiger partial charge in [0.1, 0.15) is 6.54 Å². The summed E-state index contributed by atoms with van der Waals surface area (Å²) in [7, 11) is 0. The lowest BCUT2D eigenvalue weighted by Gasteiger charge is -2.28. The third kappa shape index (κ3) is 3.37. The van der Waals surface area contributed by atoms with Crippen LogP contribution in [0.5, 0.6) is 0 Å². The van der Waals surface area contributed by atoms with Gasteiger partial charge in [0.25, 0.3) is 0 Å². The van der Waals surface area contributed by atoms with Crippen LogP contribution in [0.4, 0.5) is 4.79 Å². The maximum atomic E-state index is 12.0. The summed E-state index contributed by atoms with van der Waals surface area (Å²) in [6.45, 7) is 2.00. The van der Waals surface area contributed by atoms with Crippen molar-refractivity contribution in [3.63, 3.8) is 0 Å². The Hall–Kier alpha value is -1.30. The van der Waals surface area contributed by atoms with E-state index in [9.17, 15) is 9.59 Å². The zero-order chi connectivity index (χ0) is 12.1. The molecular weight excluding hydrogens is 212 g/mol. The Bertz CT molecular complexity index is 266. The molecule has 1 rings (SSSR count). The number of rotatable bonds is 6. The largest absolute Gasteiger partial charge is 0.480 e. The molecule has 0 aromatic rings. The summed E-state index contributed by atoms with van der Waals surface area (Å²) in [6.07, 6.45) is 1.88. The fraction of sp³-hybridized carbons (Fsp3) is 0.800. The number of aliphatic hydroxyl groups excluding tert-OH is 1. The molecule has 1 aliphatic carbocycles. The van der Waals surface area contributed by atoms with Gasteiger partial charge in [-0.1, -0.05) is 0 Å². The molecule has 0 saturated heterocycles. The van der Waals surface area contributed by atoms with Crippen LogP contribution in [0.15, 0.2) is 0 Å². The lowest BCUT2D eigenvalue weighted by atomic mass is 10.4. The summed E-state index contributed by atoms with van der Waals surface area (Å²) in [5.74, 6) is -1.02. The second-order valence-electron chi connectivity index (χ2n) is 3.84. The van der Waals surface area contributed by atoms with Crippen molar-refractivity contribution in [2.75, 3.05) is 26.2 Å². The molecule has 2 amide bonds. The number of amides is 2. The van der Waals surface area contributed by atoms with Crippen LogP contribution in [0.2, 0.25) is 0 Å². The zero-order valence-corrected chi connectivity index (χ0v) is 9.43. The van der Waals surface area contributed by atoms with Gasteiger partial charge >= 0.3 is 12.0 Å². The average molecular weight is 230 g/mol. The fourth-order valence-corrected chi connectivity index (χ4v) is 1.59. The van der Waals surface area contributed by atoms with Gasteiger partial charge in [0.2, 0.25) is 0 Å². The number of nitrogens with zero attached hydrogens (tertiary/aromatic N) is 2. The van der Waals surface area contributed by atoms with Crippen molar-refractivity contribution in [1.82, 2.24) is 9.80 Å². The molecule has 0 spiro atoms. The average Bonchev–Trinajstić information content (AvgIpc) is 3.05. The van der Waals surface area contributed by atoms with E-state index in [4.69, 9.17) is 10.2 Å². The minimum atomic E-state index is -1.02. The van der Waals surface area contributed by atoms with Crippen LogP contribution in [-0.4, -0.2) is 64.3 Å². The third-order valence-electron chi connectivity index (χ3n) is 2.55. The van der Waals surface area contributed by atoms with Crippen molar-refractivity contribution in [3.05, 3.63) is 0 Å². The highest BCUT2D eigenvalue weighted by Crippen LogP contribution is 2.27. The molecule has 0 unspecified atom stereocenters. The fourth-order valence-electron chi connectivity index (χ4n) is 1.59. The number of hydrogen-bond acceptors (Lipinski definition) is 3. The highest BCUT2D eigenvalue weighted by atomic mass is 16.4. The Morgan fingerprint density at radius 2 is 2.00 bits per heavy atom. The van der Waals surface area contributed by atoms with E-state index in [1.807, 2.05) is 0 Å². The monoisotopic (exact) mass is 230 g/mol. The first-order valence-corrected chi connectivity index (χ1v) is 5.48. The summed E-state index contributed by atoms with van der Waals surface area (Å²) in [6, 6.07) is -0.107. The summed E-state index contributed by atoms with van der Waals surface area (Å²) < 4.78 is 0. The first kappa shape index (κ1) is 12.8. The van der Waals surface area contributed by atoms with Crippen molar-refractivity contribution in [1.29, 1.82) is 0 Å². The summed E-state index contributed by atoms with van der Waals surface area (Å²) in [4.78, 5) is 25.4. The van der Waals surface area contributed by atoms with Crippen molar-refractivity contribution >= 4 is 12.0 Å². The molecule has 6 heteroatoms. The van der Waals surface area contributed by atoms with E-state index in [1.165, 1.54) is 4.90 Å². The Balaban J connectivity index is 2.59. The standard InChI is InChI=1S/C10H18N2O4/c1-2-11(7-9(14)15)10(16)12(5-6-13)8-3-4-8/h8,13H,2-7H2,1H3,(H,14,15). The molecule has 1 fully saturated rings. The molecule has 0 heterocycles. The second kappa shape index (κ2) is 5.69. The van der Waals surface area contributed by atoms with E-state index in [0.717, 1.165) is 12.8 Å². The minimum Gasteiger partial charge on any atom is -0.480 e. The predicted octanol–water partition coefficient (Wildman–Crippen LogP) is -0.0304. The van der Waals surface area contributed by atoms with Crippen molar-refractivity contribution < 1.29 is 19.8 Å². The Morgan fingerprint density at radius 1 is 1.38 bits per heavy atom. The maximum Gasteiger partial charge on any atom is 0.323 e. The Labute approximate surface area is 94.4 Å². The molecule has 0 bridgehead atoms. The topological polar surface area (TPSA) is 81.1 Å². The van der Waals surface area contributed by atoms with E-state index in [2.05, 4.69) is 0 Å². The highest BCUT2D eigenvalue weighted by Gasteiger charge is 2.34. The SMILES string of the molecule is CCN(CC(=O)O)C(=O)N(CCO)C1CC1. The van der Waals surface area contributed by atoms with E-state index in [-0.39, 0.29) is 31.8 Å². The van der Waals surface area contributed by atoms with Crippen LogP contribution < -0.4 is 0 Å². The number of likely N-dealkylation sites (N-methyl/N-ethyl adjacent to an activating group) is 1. The van der Waals surface area contributed by atoms with Crippen LogP contribution in [0.25, 0.3) is 0 Å². The zero-order valence-electron chi connectivity index (χ0n) is 9.43. The lowest BCUT2D eigenvalue weighted by molar-refractivity contribution is -0.137. The molecule has 1 aliphatic rings. The summed E-state index contributed by atoms with van der Waals surface area (Å²) >= 11 is 0. The van der Waals surface area contributed by atoms with Gasteiger partial charge in [-0.15, -0.1) is 0 Å². The number of carboxylic acid groups (broad SMARTS) is 1. The number of urea groups is 1. The van der Waals surface area contributed by atoms with Gasteiger partial charge < -0.3 is 20.0 Å². The minimum absolute atomic E-state index is 0.0904. The number of aliphatic hydroxyl groups is 1. The number of carbonyl (C=O) groups excluding carboxylic acids is 1. The Kier molecular flexibility index (Phi) is 4.54. The van der Waals surface area contributed by atoms with Gasteiger partial charge in [-0.3, -0.25) is 4.79 Å². The van der Waals surface area contributed by atoms with Gasteiger partial charge in [-0.25, -0.2) is 4.79 Å². The van der Waals surface area contributed by atoms with E-state index < -0.39 is 5.97 Å². The third-order valence-corrected chi connectivity index (χ3v) is 2.55. The molecule has 0 aromatic carbocycles. The van der Waals surface area contributed by atoms with Crippen LogP contribution in [0.3, 0.4) is 0 Å². The molecule has 0 radical (unpaired) electrons. The first-order valence-electron chi connectivity index (χ1n) is 5.48. The molecule has 92 valence electrons. The Morgan fingerprint density at radius 3 is 2.38 bits per heavy atom. The summed E-state index contributed by atoms with van der Waals surface area (Å²) in [5.41, 5.74) is 0. The number of hydrogen-bond donors (Lipinski definition) is 2. The molecule has 16 heavy (non-hydrogen) atoms. The smallest absolute Gasteiger partial charge is 0.323 e. The predicted molar refractivity (Wildman–Crippen MR) is 57.1 cm³/mol. The number of carboxylic acids is 1. The molecule has 1 saturated carbocycles. The normalized spacial score (nSPS) is 14.6. The van der Waals surface area contributed by atoms with Gasteiger partial charge in [-0.05, 0) is 19.8 Å². The second-order valence-corrected chi connectivity index (χ2v) is 3.84. The van der Waals surface area contributed by atoms with Gasteiger partial charge in [0, 0.05) is 19.1 Å². The van der Waals surface area contributed by atoms with Gasteiger partial charge in [0.15, 0.2) is 0 Å². The quantitative estimate of drug-likeness (QED) is 0.671. The van der Waals surface area contributed by atoms with E-state index in [0.29, 0.717) is 6.54 Å². The van der Waals surface area contributed by atoms with Crippen molar-refractivity contribution in [3.8, 4) is 0 Å². The van der Waals surface area contributed by atoms with Gasteiger partial charge in [-0.2, -0.15) is 0 Å². The maximum absolute atomic E-state index is 12.0. The molecule has 0 atom stereocenters. The van der Waals surface area contributed by atoms with E-state index in [1.54, 1.807) is 11.8 Å². The highest BCUT2D eigenvalue weighted by molar-refractivity contribution is 5.80. The molecule has 6 nitrogen and oxygen atoms in total. The van der Waals surface area contributed by atoms with Crippen molar-refractivity contribution in [2.24, 2.45) is 0 Å². The molecule has 2 N–H and O–H groups in total. The molecular formula is C10H18N2O4. The van der Waals surface area contributed by atoms with Gasteiger partial charge in [0.05, 0.1) is 6.61 Å². The molecule has 0 aliphatic heterocycles. The number of carbonyl (C=O) groups is 2. The van der Waals surface area contributed by atoms with Crippen LogP contribution >= 0.6 is 0 Å². The van der Waals surface area contributed by atoms with Crippen LogP contribution in [0.1, 0.15) is 19.8 Å². The summed E-state index contributed by atoms with van der Waals surface area (Å²) in [5, 5.41) is 17.5. The van der Waals surface area contributed by atoms with Crippen LogP contribution in [-0.2, 0) is 4.79 Å².